The van der Waals surface area contributed by atoms with E-state index in [1.54, 1.807) is 45.2 Å². The van der Waals surface area contributed by atoms with E-state index < -0.39 is 17.4 Å². The second kappa shape index (κ2) is 9.72. The van der Waals surface area contributed by atoms with Crippen LogP contribution in [0.15, 0.2) is 47.8 Å². The molecule has 0 bridgehead atoms. The minimum atomic E-state index is -0.777. The van der Waals surface area contributed by atoms with Gasteiger partial charge in [-0.2, -0.15) is 4.68 Å². The quantitative estimate of drug-likeness (QED) is 0.399. The summed E-state index contributed by atoms with van der Waals surface area (Å²) in [6, 6.07) is 7.44. The molecule has 0 aliphatic heterocycles. The van der Waals surface area contributed by atoms with E-state index in [4.69, 9.17) is 10.5 Å². The zero-order chi connectivity index (χ0) is 24.3. The van der Waals surface area contributed by atoms with Crippen LogP contribution >= 0.6 is 0 Å². The van der Waals surface area contributed by atoms with Crippen molar-refractivity contribution in [1.82, 2.24) is 14.3 Å². The third-order valence-electron chi connectivity index (χ3n) is 5.23. The molecule has 9 heteroatoms. The minimum Gasteiger partial charge on any atom is -0.489 e. The van der Waals surface area contributed by atoms with E-state index in [2.05, 4.69) is 17.0 Å². The number of hydrogen-bond donors (Lipinski definition) is 2. The van der Waals surface area contributed by atoms with Crippen molar-refractivity contribution in [3.05, 3.63) is 76.2 Å². The lowest BCUT2D eigenvalue weighted by atomic mass is 10.1. The van der Waals surface area contributed by atoms with Gasteiger partial charge in [-0.3, -0.25) is 9.36 Å². The Hall–Kier alpha value is -3.88. The van der Waals surface area contributed by atoms with Gasteiger partial charge >= 0.3 is 5.69 Å². The maximum absolute atomic E-state index is 15.2. The molecule has 8 nitrogen and oxygen atoms in total. The van der Waals surface area contributed by atoms with E-state index in [9.17, 15) is 9.59 Å². The minimum absolute atomic E-state index is 0.0110. The summed E-state index contributed by atoms with van der Waals surface area (Å²) < 4.78 is 23.5. The second-order valence-corrected chi connectivity index (χ2v) is 7.80. The van der Waals surface area contributed by atoms with Crippen molar-refractivity contribution in [2.75, 3.05) is 11.1 Å². The fourth-order valence-corrected chi connectivity index (χ4v) is 3.44. The van der Waals surface area contributed by atoms with Gasteiger partial charge in [0.1, 0.15) is 23.1 Å². The molecule has 0 saturated carbocycles. The van der Waals surface area contributed by atoms with Crippen LogP contribution in [-0.4, -0.2) is 26.4 Å². The van der Waals surface area contributed by atoms with Gasteiger partial charge in [0.25, 0.3) is 5.91 Å². The molecular formula is C24H28FN5O3. The Morgan fingerprint density at radius 2 is 2.09 bits per heavy atom. The summed E-state index contributed by atoms with van der Waals surface area (Å²) in [5, 5.41) is 6.99. The summed E-state index contributed by atoms with van der Waals surface area (Å²) in [6.07, 6.45) is 2.36. The first-order valence-electron chi connectivity index (χ1n) is 10.6. The van der Waals surface area contributed by atoms with Gasteiger partial charge in [0.05, 0.1) is 11.7 Å². The zero-order valence-corrected chi connectivity index (χ0v) is 19.2. The monoisotopic (exact) mass is 453 g/mol. The number of carbonyl (C=O) groups is 1. The predicted octanol–water partition coefficient (Wildman–Crippen LogP) is 3.76. The number of aryl methyl sites for hydroxylation is 2. The zero-order valence-electron chi connectivity index (χ0n) is 19.2. The second-order valence-electron chi connectivity index (χ2n) is 7.80. The van der Waals surface area contributed by atoms with Gasteiger partial charge in [-0.15, -0.1) is 11.7 Å². The Morgan fingerprint density at radius 1 is 1.36 bits per heavy atom. The van der Waals surface area contributed by atoms with Crippen molar-refractivity contribution in [3.8, 4) is 11.4 Å². The molecule has 0 aliphatic carbocycles. The Balaban J connectivity index is 2.09. The number of nitrogens with two attached hydrogens (primary N) is 1. The highest BCUT2D eigenvalue weighted by Crippen LogP contribution is 2.28. The number of ether oxygens (including phenoxy) is 1. The van der Waals surface area contributed by atoms with Crippen LogP contribution in [0.2, 0.25) is 0 Å². The van der Waals surface area contributed by atoms with Gasteiger partial charge < -0.3 is 15.8 Å². The van der Waals surface area contributed by atoms with Gasteiger partial charge in [0.2, 0.25) is 0 Å². The number of aromatic nitrogens is 3. The maximum atomic E-state index is 15.2. The average Bonchev–Trinajstić information content (AvgIpc) is 3.05. The fourth-order valence-electron chi connectivity index (χ4n) is 3.44. The molecule has 0 spiro atoms. The molecule has 0 radical (unpaired) electrons. The van der Waals surface area contributed by atoms with Crippen molar-refractivity contribution in [2.24, 2.45) is 7.05 Å². The molecule has 1 amide bonds. The highest BCUT2D eigenvalue weighted by molar-refractivity contribution is 6.06. The highest BCUT2D eigenvalue weighted by atomic mass is 19.1. The molecule has 2 aromatic carbocycles. The number of nitrogens with zero attached hydrogens (tertiary/aromatic N) is 3. The van der Waals surface area contributed by atoms with E-state index in [-0.39, 0.29) is 23.1 Å². The SMILES string of the molecule is C=CCC(C)Oc1cc(-n2nc(CC)n(C)c2=O)c(F)cc1C(=O)Nc1ccc(N)cc1C. The van der Waals surface area contributed by atoms with Crippen molar-refractivity contribution < 1.29 is 13.9 Å². The van der Waals surface area contributed by atoms with Crippen molar-refractivity contribution >= 4 is 17.3 Å². The standard InChI is InChI=1S/C24H28FN5O3/c1-6-8-15(4)33-21-13-20(30-24(32)29(5)22(7-2)28-30)18(25)12-17(21)23(31)27-19-10-9-16(26)11-14(19)3/h6,9-13,15H,1,7-8,26H2,2-5H3,(H,27,31). The normalized spacial score (nSPS) is 11.8. The first-order chi connectivity index (χ1) is 15.7. The molecule has 3 aromatic rings. The number of rotatable bonds is 8. The molecule has 1 aromatic heterocycles. The van der Waals surface area contributed by atoms with Crippen molar-refractivity contribution in [2.45, 2.75) is 39.7 Å². The predicted molar refractivity (Wildman–Crippen MR) is 127 cm³/mol. The Bertz CT molecular complexity index is 1260. The lowest BCUT2D eigenvalue weighted by molar-refractivity contribution is 0.102. The molecule has 0 fully saturated rings. The third kappa shape index (κ3) is 4.97. The Labute approximate surface area is 191 Å². The van der Waals surface area contributed by atoms with Crippen LogP contribution in [0.3, 0.4) is 0 Å². The molecule has 174 valence electrons. The number of nitrogen functional groups attached to an aromatic ring is 1. The molecule has 0 saturated heterocycles. The largest absolute Gasteiger partial charge is 0.489 e. The van der Waals surface area contributed by atoms with Crippen LogP contribution < -0.4 is 21.5 Å². The number of hydrogen-bond acceptors (Lipinski definition) is 5. The lowest BCUT2D eigenvalue weighted by Gasteiger charge is -2.18. The van der Waals surface area contributed by atoms with E-state index in [1.165, 1.54) is 10.6 Å². The van der Waals surface area contributed by atoms with Gasteiger partial charge in [0.15, 0.2) is 0 Å². The van der Waals surface area contributed by atoms with Gasteiger partial charge in [-0.1, -0.05) is 13.0 Å². The van der Waals surface area contributed by atoms with Gasteiger partial charge in [-0.25, -0.2) is 9.18 Å². The molecule has 1 atom stereocenters. The summed E-state index contributed by atoms with van der Waals surface area (Å²) in [7, 11) is 1.57. The average molecular weight is 454 g/mol. The number of anilines is 2. The smallest absolute Gasteiger partial charge is 0.350 e. The lowest BCUT2D eigenvalue weighted by Crippen LogP contribution is -2.24. The Kier molecular flexibility index (Phi) is 7.01. The van der Waals surface area contributed by atoms with E-state index >= 15 is 4.39 Å². The highest BCUT2D eigenvalue weighted by Gasteiger charge is 2.22. The summed E-state index contributed by atoms with van der Waals surface area (Å²) in [6.45, 7) is 9.15. The van der Waals surface area contributed by atoms with E-state index in [0.717, 1.165) is 16.3 Å². The van der Waals surface area contributed by atoms with Crippen molar-refractivity contribution in [3.63, 3.8) is 0 Å². The number of halogens is 1. The maximum Gasteiger partial charge on any atom is 0.350 e. The molecular weight excluding hydrogens is 425 g/mol. The van der Waals surface area contributed by atoms with E-state index in [1.807, 2.05) is 6.92 Å². The topological polar surface area (TPSA) is 104 Å². The molecule has 0 aliphatic rings. The summed E-state index contributed by atoms with van der Waals surface area (Å²) >= 11 is 0. The summed E-state index contributed by atoms with van der Waals surface area (Å²) in [5.74, 6) is -0.706. The number of nitrogens with one attached hydrogen (secondary N) is 1. The summed E-state index contributed by atoms with van der Waals surface area (Å²) in [5.41, 5.74) is 7.03. The summed E-state index contributed by atoms with van der Waals surface area (Å²) in [4.78, 5) is 25.7. The molecule has 1 heterocycles. The fraction of sp³-hybridized carbons (Fsp3) is 0.292. The van der Waals surface area contributed by atoms with Crippen LogP contribution in [0.1, 0.15) is 42.0 Å². The van der Waals surface area contributed by atoms with Crippen LogP contribution in [-0.2, 0) is 13.5 Å². The molecule has 33 heavy (non-hydrogen) atoms. The molecule has 3 N–H and O–H groups in total. The first-order valence-corrected chi connectivity index (χ1v) is 10.6. The van der Waals surface area contributed by atoms with Crippen LogP contribution in [0.5, 0.6) is 5.75 Å². The number of benzene rings is 2. The van der Waals surface area contributed by atoms with Crippen molar-refractivity contribution in [1.29, 1.82) is 0 Å². The Morgan fingerprint density at radius 3 is 2.70 bits per heavy atom. The van der Waals surface area contributed by atoms with E-state index in [0.29, 0.717) is 30.0 Å². The number of carbonyl (C=O) groups excluding carboxylic acids is 1. The number of amides is 1. The molecule has 3 rings (SSSR count). The first kappa shape index (κ1) is 23.8. The van der Waals surface area contributed by atoms with Gasteiger partial charge in [0, 0.05) is 37.3 Å². The van der Waals surface area contributed by atoms with Gasteiger partial charge in [-0.05, 0) is 43.7 Å². The molecule has 1 unspecified atom stereocenters. The van der Waals surface area contributed by atoms with Crippen LogP contribution in [0, 0.1) is 12.7 Å². The third-order valence-corrected chi connectivity index (χ3v) is 5.23. The van der Waals surface area contributed by atoms with Crippen LogP contribution in [0.25, 0.3) is 5.69 Å². The van der Waals surface area contributed by atoms with Crippen LogP contribution in [0.4, 0.5) is 15.8 Å².